The lowest BCUT2D eigenvalue weighted by Crippen LogP contribution is -2.30. The molecule has 0 radical (unpaired) electrons. The Morgan fingerprint density at radius 3 is 1.58 bits per heavy atom. The van der Waals surface area contributed by atoms with Crippen molar-refractivity contribution >= 4 is 0 Å². The molecule has 0 heterocycles. The Hall–Kier alpha value is -0.160. The van der Waals surface area contributed by atoms with Crippen LogP contribution in [0, 0.1) is 0 Å². The summed E-state index contributed by atoms with van der Waals surface area (Å²) in [6.45, 7) is 12.1. The third kappa shape index (κ3) is 14.1. The van der Waals surface area contributed by atoms with E-state index in [4.69, 9.17) is 9.47 Å². The molecule has 0 amide bonds. The highest BCUT2D eigenvalue weighted by molar-refractivity contribution is 4.59. The van der Waals surface area contributed by atoms with Crippen LogP contribution < -0.4 is 0 Å². The first-order chi connectivity index (χ1) is 9.20. The number of hydrogen-bond acceptors (Lipinski definition) is 4. The average molecular weight is 274 g/mol. The Bertz CT molecular complexity index is 166. The van der Waals surface area contributed by atoms with Crippen molar-refractivity contribution < 1.29 is 9.47 Å². The minimum absolute atomic E-state index is 0.824. The van der Waals surface area contributed by atoms with Crippen LogP contribution in [0.3, 0.4) is 0 Å². The summed E-state index contributed by atoms with van der Waals surface area (Å²) in [5.74, 6) is 0. The van der Waals surface area contributed by atoms with Crippen molar-refractivity contribution in [2.45, 2.75) is 33.1 Å². The smallest absolute Gasteiger partial charge is 0.0478 e. The van der Waals surface area contributed by atoms with E-state index in [2.05, 4.69) is 37.7 Å². The largest absolute Gasteiger partial charge is 0.382 e. The van der Waals surface area contributed by atoms with Gasteiger partial charge in [0.05, 0.1) is 0 Å². The summed E-state index contributed by atoms with van der Waals surface area (Å²) in [5, 5.41) is 0. The van der Waals surface area contributed by atoms with Gasteiger partial charge in [-0.1, -0.05) is 0 Å². The monoisotopic (exact) mass is 274 g/mol. The minimum atomic E-state index is 0.824. The first-order valence-corrected chi connectivity index (χ1v) is 7.73. The van der Waals surface area contributed by atoms with Gasteiger partial charge in [-0.15, -0.1) is 0 Å². The lowest BCUT2D eigenvalue weighted by molar-refractivity contribution is 0.117. The predicted molar refractivity (Wildman–Crippen MR) is 81.8 cm³/mol. The zero-order valence-electron chi connectivity index (χ0n) is 13.5. The van der Waals surface area contributed by atoms with Crippen molar-refractivity contribution in [3.05, 3.63) is 0 Å². The van der Waals surface area contributed by atoms with Crippen LogP contribution >= 0.6 is 0 Å². The molecule has 0 spiro atoms. The quantitative estimate of drug-likeness (QED) is 0.453. The summed E-state index contributed by atoms with van der Waals surface area (Å²) in [7, 11) is 4.27. The van der Waals surface area contributed by atoms with Crippen LogP contribution in [0.1, 0.15) is 33.1 Å². The molecule has 0 aromatic rings. The predicted octanol–water partition coefficient (Wildman–Crippen LogP) is 2.09. The normalized spacial score (nSPS) is 11.7. The van der Waals surface area contributed by atoms with E-state index in [9.17, 15) is 0 Å². The van der Waals surface area contributed by atoms with Crippen LogP contribution in [-0.2, 0) is 9.47 Å². The SMILES string of the molecule is CCOCCCN(CCCOCC)CCCN(C)C. The molecule has 0 aromatic heterocycles. The van der Waals surface area contributed by atoms with Gasteiger partial charge in [0.1, 0.15) is 0 Å². The number of ether oxygens (including phenoxy) is 2. The van der Waals surface area contributed by atoms with E-state index < -0.39 is 0 Å². The van der Waals surface area contributed by atoms with Gasteiger partial charge in [0.25, 0.3) is 0 Å². The van der Waals surface area contributed by atoms with Crippen molar-refractivity contribution in [3.8, 4) is 0 Å². The Balaban J connectivity index is 3.72. The molecular formula is C15H34N2O2. The molecule has 0 saturated carbocycles. The maximum atomic E-state index is 5.41. The Kier molecular flexibility index (Phi) is 14.1. The zero-order chi connectivity index (χ0) is 14.3. The van der Waals surface area contributed by atoms with Gasteiger partial charge in [0.2, 0.25) is 0 Å². The number of nitrogens with zero attached hydrogens (tertiary/aromatic N) is 2. The van der Waals surface area contributed by atoms with Crippen molar-refractivity contribution in [3.63, 3.8) is 0 Å². The fourth-order valence-corrected chi connectivity index (χ4v) is 2.02. The van der Waals surface area contributed by atoms with Gasteiger partial charge in [-0.3, -0.25) is 0 Å². The van der Waals surface area contributed by atoms with Crippen LogP contribution in [0.2, 0.25) is 0 Å². The molecule has 0 aromatic carbocycles. The highest BCUT2D eigenvalue weighted by Gasteiger charge is 2.05. The highest BCUT2D eigenvalue weighted by atomic mass is 16.5. The van der Waals surface area contributed by atoms with Crippen LogP contribution in [0.25, 0.3) is 0 Å². The van der Waals surface area contributed by atoms with Gasteiger partial charge in [-0.05, 0) is 60.3 Å². The molecule has 116 valence electrons. The molecular weight excluding hydrogens is 240 g/mol. The van der Waals surface area contributed by atoms with Crippen molar-refractivity contribution in [2.24, 2.45) is 0 Å². The molecule has 0 aliphatic carbocycles. The Labute approximate surface area is 120 Å². The second kappa shape index (κ2) is 14.3. The molecule has 19 heavy (non-hydrogen) atoms. The fraction of sp³-hybridized carbons (Fsp3) is 1.00. The van der Waals surface area contributed by atoms with Crippen LogP contribution in [0.15, 0.2) is 0 Å². The summed E-state index contributed by atoms with van der Waals surface area (Å²) >= 11 is 0. The van der Waals surface area contributed by atoms with Crippen molar-refractivity contribution in [1.29, 1.82) is 0 Å². The number of rotatable bonds is 14. The van der Waals surface area contributed by atoms with Gasteiger partial charge >= 0.3 is 0 Å². The zero-order valence-corrected chi connectivity index (χ0v) is 13.5. The van der Waals surface area contributed by atoms with Crippen LogP contribution in [-0.4, -0.2) is 76.5 Å². The molecule has 0 aliphatic rings. The molecule has 0 unspecified atom stereocenters. The highest BCUT2D eigenvalue weighted by Crippen LogP contribution is 1.99. The molecule has 4 heteroatoms. The Morgan fingerprint density at radius 1 is 0.684 bits per heavy atom. The first-order valence-electron chi connectivity index (χ1n) is 7.73. The molecule has 0 atom stereocenters. The molecule has 0 saturated heterocycles. The van der Waals surface area contributed by atoms with Gasteiger partial charge in [-0.25, -0.2) is 0 Å². The molecule has 4 nitrogen and oxygen atoms in total. The van der Waals surface area contributed by atoms with Crippen LogP contribution in [0.5, 0.6) is 0 Å². The van der Waals surface area contributed by atoms with Crippen molar-refractivity contribution in [2.75, 3.05) is 66.7 Å². The summed E-state index contributed by atoms with van der Waals surface area (Å²) in [6.07, 6.45) is 3.49. The topological polar surface area (TPSA) is 24.9 Å². The van der Waals surface area contributed by atoms with Gasteiger partial charge < -0.3 is 19.3 Å². The van der Waals surface area contributed by atoms with Crippen LogP contribution in [0.4, 0.5) is 0 Å². The van der Waals surface area contributed by atoms with E-state index in [1.165, 1.54) is 13.0 Å². The van der Waals surface area contributed by atoms with E-state index in [0.29, 0.717) is 0 Å². The average Bonchev–Trinajstić information content (AvgIpc) is 2.38. The van der Waals surface area contributed by atoms with E-state index in [1.54, 1.807) is 0 Å². The molecule has 0 aliphatic heterocycles. The molecule has 0 N–H and O–H groups in total. The van der Waals surface area contributed by atoms with E-state index in [0.717, 1.165) is 58.9 Å². The summed E-state index contributed by atoms with van der Waals surface area (Å²) in [4.78, 5) is 4.79. The van der Waals surface area contributed by atoms with Gasteiger partial charge in [0.15, 0.2) is 0 Å². The fourth-order valence-electron chi connectivity index (χ4n) is 2.02. The van der Waals surface area contributed by atoms with E-state index in [1.807, 2.05) is 0 Å². The first kappa shape index (κ1) is 18.8. The molecule has 0 bridgehead atoms. The second-order valence-corrected chi connectivity index (χ2v) is 5.10. The van der Waals surface area contributed by atoms with E-state index >= 15 is 0 Å². The molecule has 0 fully saturated rings. The third-order valence-corrected chi connectivity index (χ3v) is 3.01. The molecule has 0 rings (SSSR count). The maximum Gasteiger partial charge on any atom is 0.0478 e. The summed E-state index contributed by atoms with van der Waals surface area (Å²) in [6, 6.07) is 0. The van der Waals surface area contributed by atoms with Gasteiger partial charge in [0, 0.05) is 39.5 Å². The maximum absolute atomic E-state index is 5.41. The summed E-state index contributed by atoms with van der Waals surface area (Å²) in [5.41, 5.74) is 0. The Morgan fingerprint density at radius 2 is 1.16 bits per heavy atom. The van der Waals surface area contributed by atoms with Crippen molar-refractivity contribution in [1.82, 2.24) is 9.80 Å². The minimum Gasteiger partial charge on any atom is -0.382 e. The lowest BCUT2D eigenvalue weighted by Gasteiger charge is -2.23. The standard InChI is InChI=1S/C15H34N2O2/c1-5-18-14-8-12-17(11-7-10-16(3)4)13-9-15-19-6-2/h5-15H2,1-4H3. The second-order valence-electron chi connectivity index (χ2n) is 5.10. The lowest BCUT2D eigenvalue weighted by atomic mass is 10.3. The summed E-state index contributed by atoms with van der Waals surface area (Å²) < 4.78 is 10.8. The van der Waals surface area contributed by atoms with Gasteiger partial charge in [-0.2, -0.15) is 0 Å². The third-order valence-electron chi connectivity index (χ3n) is 3.01. The number of hydrogen-bond donors (Lipinski definition) is 0. The van der Waals surface area contributed by atoms with E-state index in [-0.39, 0.29) is 0 Å².